The number of hydrogen-bond donors (Lipinski definition) is 0. The lowest BCUT2D eigenvalue weighted by Crippen LogP contribution is -2.41. The Morgan fingerprint density at radius 2 is 1.79 bits per heavy atom. The van der Waals surface area contributed by atoms with E-state index in [4.69, 9.17) is 4.98 Å². The second-order valence-electron chi connectivity index (χ2n) is 10.6. The molecule has 4 rings (SSSR count). The lowest BCUT2D eigenvalue weighted by Gasteiger charge is -2.34. The summed E-state index contributed by atoms with van der Waals surface area (Å²) in [6, 6.07) is 5.19. The standard InChI is InChI=1S/C28H41F2N3O/c1-4-20-11-13-21(14-12-20)27-31-24-19-22(28(3,29)30)15-16-25(24)33(27)18-17-26(34)32(5-2)23-9-7-6-8-10-23/h15-16,19-21,23H,4-14,17-18H2,1-3H3. The Balaban J connectivity index is 1.59. The van der Waals surface area contributed by atoms with Crippen LogP contribution in [0.15, 0.2) is 18.2 Å². The number of fused-ring (bicyclic) bond motifs is 1. The van der Waals surface area contributed by atoms with Crippen LogP contribution in [-0.2, 0) is 17.3 Å². The monoisotopic (exact) mass is 473 g/mol. The summed E-state index contributed by atoms with van der Waals surface area (Å²) in [5, 5.41) is 0. The molecule has 0 atom stereocenters. The van der Waals surface area contributed by atoms with Gasteiger partial charge in [-0.15, -0.1) is 0 Å². The minimum absolute atomic E-state index is 0.00331. The fourth-order valence-electron chi connectivity index (χ4n) is 6.18. The third-order valence-corrected chi connectivity index (χ3v) is 8.30. The van der Waals surface area contributed by atoms with Gasteiger partial charge in [-0.25, -0.2) is 13.8 Å². The zero-order chi connectivity index (χ0) is 24.3. The average molecular weight is 474 g/mol. The highest BCUT2D eigenvalue weighted by Gasteiger charge is 2.29. The molecule has 2 saturated carbocycles. The van der Waals surface area contributed by atoms with Gasteiger partial charge in [0.15, 0.2) is 0 Å². The summed E-state index contributed by atoms with van der Waals surface area (Å²) in [5.74, 6) is -0.607. The molecule has 1 aromatic heterocycles. The molecule has 0 aliphatic heterocycles. The summed E-state index contributed by atoms with van der Waals surface area (Å²) in [6.07, 6.45) is 12.1. The Morgan fingerprint density at radius 1 is 1.09 bits per heavy atom. The molecule has 1 amide bonds. The number of imidazole rings is 1. The largest absolute Gasteiger partial charge is 0.340 e. The predicted octanol–water partition coefficient (Wildman–Crippen LogP) is 7.40. The molecule has 1 heterocycles. The van der Waals surface area contributed by atoms with Crippen LogP contribution < -0.4 is 0 Å². The number of carbonyl (C=O) groups is 1. The fraction of sp³-hybridized carbons (Fsp3) is 0.714. The van der Waals surface area contributed by atoms with E-state index in [9.17, 15) is 13.6 Å². The van der Waals surface area contributed by atoms with Crippen LogP contribution in [0.3, 0.4) is 0 Å². The summed E-state index contributed by atoms with van der Waals surface area (Å²) in [7, 11) is 0. The van der Waals surface area contributed by atoms with E-state index < -0.39 is 5.92 Å². The Kier molecular flexibility index (Phi) is 7.94. The van der Waals surface area contributed by atoms with Crippen molar-refractivity contribution in [2.75, 3.05) is 6.54 Å². The van der Waals surface area contributed by atoms with Crippen molar-refractivity contribution < 1.29 is 13.6 Å². The number of aromatic nitrogens is 2. The SMILES string of the molecule is CCC1CCC(c2nc3cc(C(C)(F)F)ccc3n2CCC(=O)N(CC)C2CCCCC2)CC1. The van der Waals surface area contributed by atoms with E-state index in [2.05, 4.69) is 23.3 Å². The van der Waals surface area contributed by atoms with E-state index in [-0.39, 0.29) is 11.5 Å². The van der Waals surface area contributed by atoms with E-state index in [0.717, 1.165) is 56.4 Å². The van der Waals surface area contributed by atoms with E-state index >= 15 is 0 Å². The van der Waals surface area contributed by atoms with Crippen LogP contribution in [0.25, 0.3) is 11.0 Å². The van der Waals surface area contributed by atoms with Gasteiger partial charge in [-0.3, -0.25) is 4.79 Å². The van der Waals surface area contributed by atoms with Gasteiger partial charge >= 0.3 is 0 Å². The number of nitrogens with zero attached hydrogens (tertiary/aromatic N) is 3. The summed E-state index contributed by atoms with van der Waals surface area (Å²) in [6.45, 7) is 6.56. The number of carbonyl (C=O) groups excluding carboxylic acids is 1. The smallest absolute Gasteiger partial charge is 0.270 e. The van der Waals surface area contributed by atoms with E-state index in [1.165, 1.54) is 50.7 Å². The molecular formula is C28H41F2N3O. The van der Waals surface area contributed by atoms with Gasteiger partial charge in [-0.05, 0) is 63.5 Å². The van der Waals surface area contributed by atoms with Gasteiger partial charge in [-0.2, -0.15) is 0 Å². The van der Waals surface area contributed by atoms with Crippen molar-refractivity contribution in [3.63, 3.8) is 0 Å². The zero-order valence-corrected chi connectivity index (χ0v) is 21.2. The van der Waals surface area contributed by atoms with Gasteiger partial charge in [0.05, 0.1) is 11.0 Å². The number of hydrogen-bond acceptors (Lipinski definition) is 2. The number of benzene rings is 1. The van der Waals surface area contributed by atoms with Gasteiger partial charge in [0.25, 0.3) is 5.92 Å². The highest BCUT2D eigenvalue weighted by atomic mass is 19.3. The van der Waals surface area contributed by atoms with Crippen molar-refractivity contribution in [3.8, 4) is 0 Å². The Hall–Kier alpha value is -1.98. The quantitative estimate of drug-likeness (QED) is 0.400. The van der Waals surface area contributed by atoms with Gasteiger partial charge in [0.2, 0.25) is 5.91 Å². The third-order valence-electron chi connectivity index (χ3n) is 8.30. The molecule has 4 nitrogen and oxygen atoms in total. The first kappa shape index (κ1) is 25.1. The first-order valence-corrected chi connectivity index (χ1v) is 13.5. The molecule has 0 saturated heterocycles. The van der Waals surface area contributed by atoms with Crippen molar-refractivity contribution in [1.82, 2.24) is 14.5 Å². The maximum Gasteiger partial charge on any atom is 0.270 e. The Labute approximate surface area is 203 Å². The van der Waals surface area contributed by atoms with Crippen molar-refractivity contribution in [3.05, 3.63) is 29.6 Å². The molecule has 188 valence electrons. The maximum absolute atomic E-state index is 14.0. The molecule has 0 bridgehead atoms. The van der Waals surface area contributed by atoms with Crippen LogP contribution in [0.5, 0.6) is 0 Å². The molecule has 0 spiro atoms. The van der Waals surface area contributed by atoms with Crippen LogP contribution in [-0.4, -0.2) is 32.9 Å². The predicted molar refractivity (Wildman–Crippen MR) is 133 cm³/mol. The van der Waals surface area contributed by atoms with Crippen molar-refractivity contribution in [1.29, 1.82) is 0 Å². The van der Waals surface area contributed by atoms with Crippen LogP contribution in [0, 0.1) is 5.92 Å². The highest BCUT2D eigenvalue weighted by molar-refractivity contribution is 5.79. The second-order valence-corrected chi connectivity index (χ2v) is 10.6. The number of alkyl halides is 2. The average Bonchev–Trinajstić information content (AvgIpc) is 3.21. The zero-order valence-electron chi connectivity index (χ0n) is 21.2. The summed E-state index contributed by atoms with van der Waals surface area (Å²) < 4.78 is 30.2. The molecule has 0 unspecified atom stereocenters. The maximum atomic E-state index is 14.0. The van der Waals surface area contributed by atoms with Gasteiger partial charge < -0.3 is 9.47 Å². The number of aryl methyl sites for hydroxylation is 1. The molecule has 6 heteroatoms. The second kappa shape index (κ2) is 10.7. The van der Waals surface area contributed by atoms with E-state index in [1.807, 2.05) is 0 Å². The first-order valence-electron chi connectivity index (χ1n) is 13.5. The van der Waals surface area contributed by atoms with Crippen LogP contribution in [0.4, 0.5) is 8.78 Å². The minimum Gasteiger partial charge on any atom is -0.340 e. The van der Waals surface area contributed by atoms with Gasteiger partial charge in [-0.1, -0.05) is 38.7 Å². The Bertz CT molecular complexity index is 966. The van der Waals surface area contributed by atoms with Crippen molar-refractivity contribution in [2.24, 2.45) is 5.92 Å². The van der Waals surface area contributed by atoms with Gasteiger partial charge in [0.1, 0.15) is 5.82 Å². The molecule has 34 heavy (non-hydrogen) atoms. The topological polar surface area (TPSA) is 38.1 Å². The van der Waals surface area contributed by atoms with Crippen LogP contribution >= 0.6 is 0 Å². The number of amides is 1. The molecule has 0 radical (unpaired) electrons. The highest BCUT2D eigenvalue weighted by Crippen LogP contribution is 2.38. The first-order chi connectivity index (χ1) is 16.3. The summed E-state index contributed by atoms with van der Waals surface area (Å²) in [4.78, 5) is 20.2. The van der Waals surface area contributed by atoms with E-state index in [1.54, 1.807) is 6.07 Å². The molecule has 0 N–H and O–H groups in total. The van der Waals surface area contributed by atoms with Crippen molar-refractivity contribution >= 4 is 16.9 Å². The van der Waals surface area contributed by atoms with E-state index in [0.29, 0.717) is 30.4 Å². The van der Waals surface area contributed by atoms with Crippen LogP contribution in [0.2, 0.25) is 0 Å². The fourth-order valence-corrected chi connectivity index (χ4v) is 6.18. The molecule has 1 aromatic carbocycles. The summed E-state index contributed by atoms with van der Waals surface area (Å²) >= 11 is 0. The lowest BCUT2D eigenvalue weighted by atomic mass is 9.80. The number of rotatable bonds is 8. The molecule has 2 fully saturated rings. The molecule has 2 aliphatic rings. The van der Waals surface area contributed by atoms with Gasteiger partial charge in [0, 0.05) is 44.0 Å². The minimum atomic E-state index is -2.89. The normalized spacial score (nSPS) is 22.3. The Morgan fingerprint density at radius 3 is 2.41 bits per heavy atom. The third kappa shape index (κ3) is 5.46. The summed E-state index contributed by atoms with van der Waals surface area (Å²) in [5.41, 5.74) is 1.49. The van der Waals surface area contributed by atoms with Crippen LogP contribution in [0.1, 0.15) is 109 Å². The molecule has 2 aliphatic carbocycles. The molecule has 2 aromatic rings. The number of halogens is 2. The lowest BCUT2D eigenvalue weighted by molar-refractivity contribution is -0.134. The molecular weight excluding hydrogens is 432 g/mol. The van der Waals surface area contributed by atoms with Crippen molar-refractivity contribution in [2.45, 2.75) is 116 Å².